The Kier molecular flexibility index (Phi) is 4.81. The molecule has 0 aromatic carbocycles. The van der Waals surface area contributed by atoms with E-state index in [1.165, 1.54) is 0 Å². The van der Waals surface area contributed by atoms with E-state index in [-0.39, 0.29) is 19.7 Å². The summed E-state index contributed by atoms with van der Waals surface area (Å²) in [4.78, 5) is 11.4. The van der Waals surface area contributed by atoms with Crippen molar-refractivity contribution in [3.05, 3.63) is 0 Å². The van der Waals surface area contributed by atoms with E-state index in [1.807, 2.05) is 0 Å². The summed E-state index contributed by atoms with van der Waals surface area (Å²) in [5.74, 6) is -4.61. The van der Waals surface area contributed by atoms with Gasteiger partial charge in [-0.05, 0) is 19.8 Å². The van der Waals surface area contributed by atoms with E-state index >= 15 is 0 Å². The summed E-state index contributed by atoms with van der Waals surface area (Å²) in [6.45, 7) is 1.64. The average molecular weight is 271 g/mol. The third kappa shape index (κ3) is 3.35. The molecule has 1 aliphatic rings. The second kappa shape index (κ2) is 5.72. The highest BCUT2D eigenvalue weighted by Gasteiger charge is 2.37. The first-order chi connectivity index (χ1) is 7.89. The standard InChI is InChI=1S/C9H15F2NO4S/c1-2-16-8(13)7-4-3-5-12(6-7)17(14,15)9(10)11/h7,9H,2-6H2,1H3/t7-/m0/s1. The van der Waals surface area contributed by atoms with Crippen molar-refractivity contribution >= 4 is 16.0 Å². The van der Waals surface area contributed by atoms with Crippen LogP contribution in [0.4, 0.5) is 8.78 Å². The minimum absolute atomic E-state index is 0.0303. The van der Waals surface area contributed by atoms with Gasteiger partial charge in [0.15, 0.2) is 0 Å². The van der Waals surface area contributed by atoms with Gasteiger partial charge in [0.1, 0.15) is 0 Å². The molecular weight excluding hydrogens is 256 g/mol. The molecule has 0 unspecified atom stereocenters. The number of carbonyl (C=O) groups excluding carboxylic acids is 1. The second-order valence-electron chi connectivity index (χ2n) is 3.75. The zero-order valence-electron chi connectivity index (χ0n) is 9.43. The van der Waals surface area contributed by atoms with Crippen molar-refractivity contribution in [1.82, 2.24) is 4.31 Å². The van der Waals surface area contributed by atoms with Gasteiger partial charge >= 0.3 is 11.7 Å². The minimum Gasteiger partial charge on any atom is -0.466 e. The van der Waals surface area contributed by atoms with Gasteiger partial charge in [-0.25, -0.2) is 8.42 Å². The number of hydrogen-bond acceptors (Lipinski definition) is 4. The Morgan fingerprint density at radius 3 is 2.71 bits per heavy atom. The Balaban J connectivity index is 2.70. The topological polar surface area (TPSA) is 63.7 Å². The monoisotopic (exact) mass is 271 g/mol. The molecule has 8 heteroatoms. The van der Waals surface area contributed by atoms with Gasteiger partial charge in [-0.3, -0.25) is 4.79 Å². The van der Waals surface area contributed by atoms with Crippen molar-refractivity contribution in [2.45, 2.75) is 25.5 Å². The fourth-order valence-corrected chi connectivity index (χ4v) is 2.74. The second-order valence-corrected chi connectivity index (χ2v) is 5.66. The number of ether oxygens (including phenoxy) is 1. The van der Waals surface area contributed by atoms with Crippen LogP contribution in [-0.4, -0.2) is 44.1 Å². The van der Waals surface area contributed by atoms with Gasteiger partial charge in [0.2, 0.25) is 0 Å². The lowest BCUT2D eigenvalue weighted by molar-refractivity contribution is -0.149. The molecule has 0 radical (unpaired) electrons. The molecule has 1 rings (SSSR count). The zero-order valence-corrected chi connectivity index (χ0v) is 10.3. The van der Waals surface area contributed by atoms with Crippen LogP contribution >= 0.6 is 0 Å². The Bertz CT molecular complexity index is 371. The number of rotatable bonds is 4. The molecule has 100 valence electrons. The van der Waals surface area contributed by atoms with E-state index in [1.54, 1.807) is 6.92 Å². The molecule has 0 saturated carbocycles. The maximum Gasteiger partial charge on any atom is 0.350 e. The number of alkyl halides is 2. The highest BCUT2D eigenvalue weighted by molar-refractivity contribution is 7.89. The molecule has 1 heterocycles. The molecule has 1 saturated heterocycles. The first-order valence-electron chi connectivity index (χ1n) is 5.33. The Hall–Kier alpha value is -0.760. The van der Waals surface area contributed by atoms with Gasteiger partial charge in [0.05, 0.1) is 12.5 Å². The molecule has 0 spiro atoms. The van der Waals surface area contributed by atoms with Gasteiger partial charge in [-0.15, -0.1) is 0 Å². The van der Waals surface area contributed by atoms with E-state index in [4.69, 9.17) is 4.74 Å². The lowest BCUT2D eigenvalue weighted by Gasteiger charge is -2.30. The first kappa shape index (κ1) is 14.3. The number of piperidine rings is 1. The molecule has 17 heavy (non-hydrogen) atoms. The fourth-order valence-electron chi connectivity index (χ4n) is 1.74. The molecule has 0 amide bonds. The zero-order chi connectivity index (χ0) is 13.1. The summed E-state index contributed by atoms with van der Waals surface area (Å²) in [7, 11) is -4.59. The molecule has 0 bridgehead atoms. The number of nitrogens with zero attached hydrogens (tertiary/aromatic N) is 1. The molecule has 0 aromatic heterocycles. The summed E-state index contributed by atoms with van der Waals surface area (Å²) in [6, 6.07) is 0. The van der Waals surface area contributed by atoms with Crippen LogP contribution in [-0.2, 0) is 19.6 Å². The molecule has 1 atom stereocenters. The third-order valence-corrected chi connectivity index (χ3v) is 4.09. The first-order valence-corrected chi connectivity index (χ1v) is 6.83. The van der Waals surface area contributed by atoms with Crippen molar-refractivity contribution in [3.8, 4) is 0 Å². The molecule has 0 aliphatic carbocycles. The molecule has 0 N–H and O–H groups in total. The largest absolute Gasteiger partial charge is 0.466 e. The Morgan fingerprint density at radius 2 is 2.18 bits per heavy atom. The molecular formula is C9H15F2NO4S. The number of hydrogen-bond donors (Lipinski definition) is 0. The van der Waals surface area contributed by atoms with Gasteiger partial charge in [0, 0.05) is 13.1 Å². The van der Waals surface area contributed by atoms with E-state index in [9.17, 15) is 22.0 Å². The van der Waals surface area contributed by atoms with Gasteiger partial charge in [0.25, 0.3) is 10.0 Å². The normalized spacial score (nSPS) is 22.7. The molecule has 1 aliphatic heterocycles. The van der Waals surface area contributed by atoms with Gasteiger partial charge < -0.3 is 4.74 Å². The number of sulfonamides is 1. The average Bonchev–Trinajstić information content (AvgIpc) is 2.29. The predicted octanol–water partition coefficient (Wildman–Crippen LogP) is 0.814. The maximum absolute atomic E-state index is 12.3. The number of halogens is 2. The van der Waals surface area contributed by atoms with Crippen molar-refractivity contribution in [2.24, 2.45) is 5.92 Å². The van der Waals surface area contributed by atoms with Crippen LogP contribution in [0.3, 0.4) is 0 Å². The molecule has 5 nitrogen and oxygen atoms in total. The SMILES string of the molecule is CCOC(=O)[C@H]1CCCN(S(=O)(=O)C(F)F)C1. The highest BCUT2D eigenvalue weighted by Crippen LogP contribution is 2.23. The summed E-state index contributed by atoms with van der Waals surface area (Å²) >= 11 is 0. The van der Waals surface area contributed by atoms with Crippen molar-refractivity contribution in [1.29, 1.82) is 0 Å². The van der Waals surface area contributed by atoms with Crippen LogP contribution in [0.15, 0.2) is 0 Å². The lowest BCUT2D eigenvalue weighted by atomic mass is 10.0. The Labute approximate surface area is 98.8 Å². The molecule has 1 fully saturated rings. The van der Waals surface area contributed by atoms with Crippen LogP contribution in [0.1, 0.15) is 19.8 Å². The van der Waals surface area contributed by atoms with Crippen molar-refractivity contribution in [3.63, 3.8) is 0 Å². The van der Waals surface area contributed by atoms with Crippen molar-refractivity contribution in [2.75, 3.05) is 19.7 Å². The number of carbonyl (C=O) groups is 1. The summed E-state index contributed by atoms with van der Waals surface area (Å²) < 4.78 is 52.5. The predicted molar refractivity (Wildman–Crippen MR) is 55.9 cm³/mol. The van der Waals surface area contributed by atoms with Gasteiger partial charge in [-0.1, -0.05) is 0 Å². The minimum atomic E-state index is -4.59. The van der Waals surface area contributed by atoms with Crippen molar-refractivity contribution < 1.29 is 26.7 Å². The Morgan fingerprint density at radius 1 is 1.53 bits per heavy atom. The van der Waals surface area contributed by atoms with E-state index < -0.39 is 27.7 Å². The van der Waals surface area contributed by atoms with Crippen LogP contribution in [0.2, 0.25) is 0 Å². The summed E-state index contributed by atoms with van der Waals surface area (Å²) in [5.41, 5.74) is 0. The third-order valence-electron chi connectivity index (χ3n) is 2.59. The van der Waals surface area contributed by atoms with Crippen LogP contribution < -0.4 is 0 Å². The van der Waals surface area contributed by atoms with Gasteiger partial charge in [-0.2, -0.15) is 13.1 Å². The summed E-state index contributed by atoms with van der Waals surface area (Å²) in [6.07, 6.45) is 0.851. The number of esters is 1. The quantitative estimate of drug-likeness (QED) is 0.710. The van der Waals surface area contributed by atoms with E-state index in [0.717, 1.165) is 0 Å². The fraction of sp³-hybridized carbons (Fsp3) is 0.889. The van der Waals surface area contributed by atoms with Crippen LogP contribution in [0, 0.1) is 5.92 Å². The maximum atomic E-state index is 12.3. The van der Waals surface area contributed by atoms with Crippen LogP contribution in [0.5, 0.6) is 0 Å². The molecule has 0 aromatic rings. The highest BCUT2D eigenvalue weighted by atomic mass is 32.2. The smallest absolute Gasteiger partial charge is 0.350 e. The van der Waals surface area contributed by atoms with E-state index in [2.05, 4.69) is 0 Å². The summed E-state index contributed by atoms with van der Waals surface area (Å²) in [5, 5.41) is 0. The van der Waals surface area contributed by atoms with Crippen LogP contribution in [0.25, 0.3) is 0 Å². The lowest BCUT2D eigenvalue weighted by Crippen LogP contribution is -2.44. The van der Waals surface area contributed by atoms with E-state index in [0.29, 0.717) is 17.1 Å².